The van der Waals surface area contributed by atoms with Crippen molar-refractivity contribution in [3.63, 3.8) is 0 Å². The predicted molar refractivity (Wildman–Crippen MR) is 137 cm³/mol. The van der Waals surface area contributed by atoms with Crippen LogP contribution in [0.1, 0.15) is 63.9 Å². The van der Waals surface area contributed by atoms with Crippen LogP contribution in [0.2, 0.25) is 5.02 Å². The summed E-state index contributed by atoms with van der Waals surface area (Å²) in [6.45, 7) is 7.00. The number of hydrogen-bond acceptors (Lipinski definition) is 7. The number of nitriles is 1. The molecule has 5 rings (SSSR count). The van der Waals surface area contributed by atoms with Gasteiger partial charge in [-0.2, -0.15) is 5.26 Å². The Morgan fingerprint density at radius 1 is 1.31 bits per heavy atom. The molecule has 9 heteroatoms. The summed E-state index contributed by atoms with van der Waals surface area (Å²) in [6.07, 6.45) is 8.79. The summed E-state index contributed by atoms with van der Waals surface area (Å²) in [7, 11) is 0. The van der Waals surface area contributed by atoms with Crippen molar-refractivity contribution in [3.8, 4) is 6.07 Å². The molecule has 0 aliphatic heterocycles. The number of fused-ring (bicyclic) bond motifs is 1. The van der Waals surface area contributed by atoms with E-state index < -0.39 is 6.02 Å². The number of pyridine rings is 2. The standard InChI is InChI=1S/C26H27ClN8/c1-26(2,3)15-31-23-17(11-28)13-30-25-20(23)9-18(10-21(25)27)32-24(16-5-4-8-29-12-16)22-14-35(34-33-22)19-6-7-19/h4-5,8-10,12-14,19,24,32H,6-7,15H2,1-3H3,(H,30,31)/i24D. The molecule has 0 amide bonds. The molecule has 1 saturated carbocycles. The number of nitrogens with zero attached hydrogens (tertiary/aromatic N) is 6. The first-order chi connectivity index (χ1) is 17.2. The second-order valence-electron chi connectivity index (χ2n) is 9.98. The molecule has 1 atom stereocenters. The van der Waals surface area contributed by atoms with Gasteiger partial charge in [0.05, 0.1) is 41.4 Å². The maximum Gasteiger partial charge on any atom is 0.110 e. The Balaban J connectivity index is 1.61. The molecule has 2 N–H and O–H groups in total. The van der Waals surface area contributed by atoms with E-state index in [4.69, 9.17) is 11.6 Å². The van der Waals surface area contributed by atoms with Crippen molar-refractivity contribution < 1.29 is 1.37 Å². The second kappa shape index (κ2) is 9.16. The lowest BCUT2D eigenvalue weighted by molar-refractivity contribution is 0.443. The monoisotopic (exact) mass is 487 g/mol. The SMILES string of the molecule is [2H]C(Nc1cc(Cl)c2ncc(C#N)c(NCC(C)(C)C)c2c1)(c1cccnc1)c1cn(C2CC2)nn1. The molecule has 0 spiro atoms. The van der Waals surface area contributed by atoms with Crippen LogP contribution in [0.25, 0.3) is 10.9 Å². The lowest BCUT2D eigenvalue weighted by Gasteiger charge is -2.22. The molecule has 1 fully saturated rings. The Labute approximate surface area is 210 Å². The average Bonchev–Trinajstić information content (AvgIpc) is 3.58. The van der Waals surface area contributed by atoms with Crippen molar-refractivity contribution in [3.05, 3.63) is 70.9 Å². The molecule has 1 aromatic carbocycles. The van der Waals surface area contributed by atoms with Crippen LogP contribution >= 0.6 is 11.6 Å². The van der Waals surface area contributed by atoms with E-state index in [-0.39, 0.29) is 5.41 Å². The number of rotatable bonds is 7. The molecule has 0 radical (unpaired) electrons. The second-order valence-corrected chi connectivity index (χ2v) is 10.4. The smallest absolute Gasteiger partial charge is 0.110 e. The van der Waals surface area contributed by atoms with Gasteiger partial charge in [0.15, 0.2) is 0 Å². The minimum Gasteiger partial charge on any atom is -0.383 e. The van der Waals surface area contributed by atoms with E-state index >= 15 is 0 Å². The van der Waals surface area contributed by atoms with Crippen molar-refractivity contribution in [2.45, 2.75) is 45.7 Å². The first-order valence-electron chi connectivity index (χ1n) is 12.1. The quantitative estimate of drug-likeness (QED) is 0.342. The van der Waals surface area contributed by atoms with Gasteiger partial charge in [-0.15, -0.1) is 5.10 Å². The highest BCUT2D eigenvalue weighted by atomic mass is 35.5. The van der Waals surface area contributed by atoms with E-state index in [1.165, 1.54) is 6.20 Å². The van der Waals surface area contributed by atoms with E-state index in [0.29, 0.717) is 56.7 Å². The van der Waals surface area contributed by atoms with Crippen molar-refractivity contribution in [2.24, 2.45) is 5.41 Å². The first-order valence-corrected chi connectivity index (χ1v) is 11.9. The maximum absolute atomic E-state index is 9.75. The molecule has 1 aliphatic carbocycles. The van der Waals surface area contributed by atoms with E-state index in [0.717, 1.165) is 12.8 Å². The van der Waals surface area contributed by atoms with E-state index in [1.54, 1.807) is 24.5 Å². The topological polar surface area (TPSA) is 104 Å². The Bertz CT molecular complexity index is 1450. The molecule has 1 unspecified atom stereocenters. The molecular weight excluding hydrogens is 460 g/mol. The lowest BCUT2D eigenvalue weighted by atomic mass is 9.96. The van der Waals surface area contributed by atoms with Gasteiger partial charge in [0.25, 0.3) is 0 Å². The highest BCUT2D eigenvalue weighted by Gasteiger charge is 2.27. The molecule has 4 aromatic rings. The number of halogens is 1. The zero-order chi connectivity index (χ0) is 25.5. The Hall–Kier alpha value is -3.70. The molecular formula is C26H27ClN8. The van der Waals surface area contributed by atoms with Crippen LogP contribution in [0.3, 0.4) is 0 Å². The summed E-state index contributed by atoms with van der Waals surface area (Å²) >= 11 is 6.68. The third kappa shape index (κ3) is 5.05. The summed E-state index contributed by atoms with van der Waals surface area (Å²) in [5.74, 6) is 0. The lowest BCUT2D eigenvalue weighted by Crippen LogP contribution is -2.20. The molecule has 35 heavy (non-hydrogen) atoms. The van der Waals surface area contributed by atoms with Crippen LogP contribution in [0.5, 0.6) is 0 Å². The zero-order valence-electron chi connectivity index (χ0n) is 20.9. The van der Waals surface area contributed by atoms with Gasteiger partial charge in [-0.05, 0) is 42.0 Å². The molecule has 8 nitrogen and oxygen atoms in total. The first kappa shape index (κ1) is 21.8. The van der Waals surface area contributed by atoms with Crippen molar-refractivity contribution in [1.82, 2.24) is 25.0 Å². The predicted octanol–water partition coefficient (Wildman–Crippen LogP) is 5.74. The van der Waals surface area contributed by atoms with Crippen LogP contribution in [-0.4, -0.2) is 31.5 Å². The Kier molecular flexibility index (Phi) is 5.71. The highest BCUT2D eigenvalue weighted by molar-refractivity contribution is 6.35. The molecule has 1 aliphatic rings. The fourth-order valence-corrected chi connectivity index (χ4v) is 4.08. The zero-order valence-corrected chi connectivity index (χ0v) is 20.6. The number of benzene rings is 1. The van der Waals surface area contributed by atoms with Crippen molar-refractivity contribution in [1.29, 1.82) is 5.26 Å². The molecule has 3 aromatic heterocycles. The summed E-state index contributed by atoms with van der Waals surface area (Å²) in [4.78, 5) is 8.66. The fourth-order valence-electron chi connectivity index (χ4n) is 3.81. The maximum atomic E-state index is 9.75. The van der Waals surface area contributed by atoms with Gasteiger partial charge >= 0.3 is 0 Å². The van der Waals surface area contributed by atoms with Crippen LogP contribution < -0.4 is 10.6 Å². The van der Waals surface area contributed by atoms with Gasteiger partial charge < -0.3 is 10.6 Å². The number of anilines is 2. The highest BCUT2D eigenvalue weighted by Crippen LogP contribution is 2.37. The van der Waals surface area contributed by atoms with Crippen LogP contribution in [-0.2, 0) is 0 Å². The third-order valence-corrected chi connectivity index (χ3v) is 6.04. The summed E-state index contributed by atoms with van der Waals surface area (Å²) in [6, 6.07) is 8.31. The minimum absolute atomic E-state index is 0.00794. The molecule has 0 saturated heterocycles. The summed E-state index contributed by atoms with van der Waals surface area (Å²) < 4.78 is 11.3. The summed E-state index contributed by atoms with van der Waals surface area (Å²) in [5, 5.41) is 26.2. The molecule has 0 bridgehead atoms. The number of hydrogen-bond donors (Lipinski definition) is 2. The van der Waals surface area contributed by atoms with Gasteiger partial charge in [-0.25, -0.2) is 4.68 Å². The minimum atomic E-state index is -1.47. The number of aromatic nitrogens is 5. The normalized spacial score (nSPS) is 15.8. The van der Waals surface area contributed by atoms with Crippen LogP contribution in [0, 0.1) is 16.7 Å². The Morgan fingerprint density at radius 2 is 2.14 bits per heavy atom. The fraction of sp³-hybridized carbons (Fsp3) is 0.346. The van der Waals surface area contributed by atoms with Crippen LogP contribution in [0.15, 0.2) is 49.1 Å². The average molecular weight is 488 g/mol. The van der Waals surface area contributed by atoms with Crippen molar-refractivity contribution >= 4 is 33.9 Å². The van der Waals surface area contributed by atoms with Gasteiger partial charge in [-0.1, -0.05) is 43.7 Å². The molecule has 3 heterocycles. The molecule has 178 valence electrons. The largest absolute Gasteiger partial charge is 0.383 e. The van der Waals surface area contributed by atoms with E-state index in [9.17, 15) is 6.63 Å². The third-order valence-electron chi connectivity index (χ3n) is 5.75. The number of nitrogens with one attached hydrogen (secondary N) is 2. The van der Waals surface area contributed by atoms with Gasteiger partial charge in [0.2, 0.25) is 0 Å². The van der Waals surface area contributed by atoms with E-state index in [1.807, 2.05) is 23.0 Å². The van der Waals surface area contributed by atoms with Crippen molar-refractivity contribution in [2.75, 3.05) is 17.2 Å². The van der Waals surface area contributed by atoms with Gasteiger partial charge in [0, 0.05) is 36.2 Å². The van der Waals surface area contributed by atoms with Gasteiger partial charge in [0.1, 0.15) is 11.8 Å². The Morgan fingerprint density at radius 3 is 2.83 bits per heavy atom. The van der Waals surface area contributed by atoms with E-state index in [2.05, 4.69) is 57.8 Å². The van der Waals surface area contributed by atoms with Crippen LogP contribution in [0.4, 0.5) is 11.4 Å². The van der Waals surface area contributed by atoms with Gasteiger partial charge in [-0.3, -0.25) is 9.97 Å². The summed E-state index contributed by atoms with van der Waals surface area (Å²) in [5.41, 5.74) is 3.31.